The van der Waals surface area contributed by atoms with Crippen molar-refractivity contribution in [1.29, 1.82) is 0 Å². The van der Waals surface area contributed by atoms with Gasteiger partial charge in [0, 0.05) is 11.3 Å². The number of fused-ring (bicyclic) bond motifs is 3. The van der Waals surface area contributed by atoms with Crippen LogP contribution < -0.4 is 16.0 Å². The van der Waals surface area contributed by atoms with Gasteiger partial charge < -0.3 is 20.7 Å². The van der Waals surface area contributed by atoms with E-state index in [4.69, 9.17) is 0 Å². The lowest BCUT2D eigenvalue weighted by atomic mass is 9.94. The normalized spacial score (nSPS) is 18.0. The smallest absolute Gasteiger partial charge is 0.436 e. The number of amides is 3. The molecule has 7 nitrogen and oxygen atoms in total. The number of carbonyl (C=O) groups is 3. The number of carbonyl (C=O) groups excluding carboxylic acids is 3. The minimum Gasteiger partial charge on any atom is -0.436 e. The van der Waals surface area contributed by atoms with Crippen LogP contribution >= 0.6 is 0 Å². The molecule has 37 heavy (non-hydrogen) atoms. The molecule has 3 amide bonds. The molecule has 1 saturated carbocycles. The van der Waals surface area contributed by atoms with E-state index < -0.39 is 48.7 Å². The molecular formula is C25H24F5N3O4. The lowest BCUT2D eigenvalue weighted by Crippen LogP contribution is -2.48. The first kappa shape index (κ1) is 26.4. The van der Waals surface area contributed by atoms with Gasteiger partial charge in [-0.2, -0.15) is 22.0 Å². The number of hydrogen-bond acceptors (Lipinski definition) is 4. The van der Waals surface area contributed by atoms with Crippen LogP contribution in [0.3, 0.4) is 0 Å². The highest BCUT2D eigenvalue weighted by Crippen LogP contribution is 2.40. The molecule has 0 spiro atoms. The topological polar surface area (TPSA) is 96.5 Å². The molecule has 3 N–H and O–H groups in total. The van der Waals surface area contributed by atoms with Crippen LogP contribution in [0, 0.1) is 5.92 Å². The molecule has 4 rings (SSSR count). The van der Waals surface area contributed by atoms with Gasteiger partial charge in [-0.15, -0.1) is 0 Å². The fourth-order valence-electron chi connectivity index (χ4n) is 3.99. The van der Waals surface area contributed by atoms with Gasteiger partial charge in [-0.1, -0.05) is 36.4 Å². The molecule has 2 aliphatic rings. The van der Waals surface area contributed by atoms with E-state index in [0.717, 1.165) is 24.5 Å². The molecule has 1 fully saturated rings. The molecule has 0 unspecified atom stereocenters. The lowest BCUT2D eigenvalue weighted by molar-refractivity contribution is -0.278. The molecule has 0 radical (unpaired) electrons. The van der Waals surface area contributed by atoms with Crippen LogP contribution in [-0.4, -0.2) is 42.7 Å². The van der Waals surface area contributed by atoms with Gasteiger partial charge in [-0.25, -0.2) is 4.79 Å². The Morgan fingerprint density at radius 2 is 1.78 bits per heavy atom. The quantitative estimate of drug-likeness (QED) is 0.456. The number of hydrogen-bond donors (Lipinski definition) is 3. The van der Waals surface area contributed by atoms with Crippen LogP contribution in [-0.2, 0) is 20.7 Å². The number of alkyl halides is 5. The maximum Gasteiger partial charge on any atom is 0.455 e. The van der Waals surface area contributed by atoms with Gasteiger partial charge >= 0.3 is 18.2 Å². The van der Waals surface area contributed by atoms with Gasteiger partial charge in [0.05, 0.1) is 6.54 Å². The minimum absolute atomic E-state index is 0.475. The van der Waals surface area contributed by atoms with E-state index in [1.54, 1.807) is 24.3 Å². The minimum atomic E-state index is -5.86. The Hall–Kier alpha value is -3.70. The lowest BCUT2D eigenvalue weighted by Gasteiger charge is -2.22. The van der Waals surface area contributed by atoms with Gasteiger partial charge in [0.2, 0.25) is 0 Å². The molecule has 2 aromatic rings. The van der Waals surface area contributed by atoms with Gasteiger partial charge in [0.15, 0.2) is 6.10 Å². The first-order valence-corrected chi connectivity index (χ1v) is 11.6. The average Bonchev–Trinajstić information content (AvgIpc) is 3.65. The zero-order chi connectivity index (χ0) is 27.0. The first-order chi connectivity index (χ1) is 17.4. The van der Waals surface area contributed by atoms with Gasteiger partial charge in [-0.3, -0.25) is 9.59 Å². The van der Waals surface area contributed by atoms with Gasteiger partial charge in [-0.05, 0) is 54.9 Å². The summed E-state index contributed by atoms with van der Waals surface area (Å²) in [6.07, 6.45) is -5.87. The van der Waals surface area contributed by atoms with E-state index in [1.165, 1.54) is 18.2 Å². The molecule has 1 aliphatic carbocycles. The molecule has 12 heteroatoms. The molecule has 0 bridgehead atoms. The van der Waals surface area contributed by atoms with Crippen molar-refractivity contribution >= 4 is 23.6 Å². The van der Waals surface area contributed by atoms with Crippen LogP contribution in [0.4, 0.5) is 32.4 Å². The summed E-state index contributed by atoms with van der Waals surface area (Å²) in [7, 11) is 0. The van der Waals surface area contributed by atoms with Crippen molar-refractivity contribution in [2.24, 2.45) is 5.92 Å². The molecule has 0 aromatic heterocycles. The van der Waals surface area contributed by atoms with E-state index in [9.17, 15) is 36.3 Å². The third kappa shape index (κ3) is 6.00. The SMILES string of the molecule is C[C@H](OC(=O)NCC(F)(F)C(F)(F)F)C(=O)N[C@@H]1C(=O)Nc2cc(CC3CC3)ccc2-c2ccccc21. The van der Waals surface area contributed by atoms with Crippen molar-refractivity contribution in [2.45, 2.75) is 50.4 Å². The second-order valence-electron chi connectivity index (χ2n) is 9.15. The summed E-state index contributed by atoms with van der Waals surface area (Å²) >= 11 is 0. The average molecular weight is 525 g/mol. The Morgan fingerprint density at radius 3 is 2.46 bits per heavy atom. The van der Waals surface area contributed by atoms with Gasteiger partial charge in [0.25, 0.3) is 11.8 Å². The highest BCUT2D eigenvalue weighted by Gasteiger charge is 2.57. The Morgan fingerprint density at radius 1 is 1.08 bits per heavy atom. The number of anilines is 1. The van der Waals surface area contributed by atoms with Crippen molar-refractivity contribution in [2.75, 3.05) is 11.9 Å². The number of rotatable bonds is 7. The summed E-state index contributed by atoms with van der Waals surface area (Å²) in [6, 6.07) is 11.5. The highest BCUT2D eigenvalue weighted by molar-refractivity contribution is 6.05. The van der Waals surface area contributed by atoms with E-state index in [0.29, 0.717) is 22.7 Å². The monoisotopic (exact) mass is 525 g/mol. The van der Waals surface area contributed by atoms with Crippen LogP contribution in [0.25, 0.3) is 11.1 Å². The second kappa shape index (κ2) is 9.98. The van der Waals surface area contributed by atoms with E-state index in [1.807, 2.05) is 18.2 Å². The third-order valence-corrected chi connectivity index (χ3v) is 6.20. The van der Waals surface area contributed by atoms with E-state index in [-0.39, 0.29) is 0 Å². The van der Waals surface area contributed by atoms with Gasteiger partial charge in [0.1, 0.15) is 6.04 Å². The van der Waals surface area contributed by atoms with Crippen molar-refractivity contribution in [1.82, 2.24) is 10.6 Å². The Balaban J connectivity index is 1.46. The van der Waals surface area contributed by atoms with Crippen LogP contribution in [0.1, 0.15) is 36.9 Å². The van der Waals surface area contributed by atoms with Crippen LogP contribution in [0.15, 0.2) is 42.5 Å². The number of benzene rings is 2. The van der Waals surface area contributed by atoms with E-state index >= 15 is 0 Å². The summed E-state index contributed by atoms with van der Waals surface area (Å²) in [4.78, 5) is 37.6. The Labute approximate surface area is 208 Å². The third-order valence-electron chi connectivity index (χ3n) is 6.20. The first-order valence-electron chi connectivity index (χ1n) is 11.6. The number of halogens is 5. The predicted molar refractivity (Wildman–Crippen MR) is 123 cm³/mol. The number of ether oxygens (including phenoxy) is 1. The summed E-state index contributed by atoms with van der Waals surface area (Å²) in [5, 5.41) is 6.60. The zero-order valence-electron chi connectivity index (χ0n) is 19.6. The molecule has 1 aliphatic heterocycles. The summed E-state index contributed by atoms with van der Waals surface area (Å²) < 4.78 is 67.4. The Bertz CT molecular complexity index is 1210. The Kier molecular flexibility index (Phi) is 7.11. The zero-order valence-corrected chi connectivity index (χ0v) is 19.6. The molecule has 1 heterocycles. The van der Waals surface area contributed by atoms with Crippen molar-refractivity contribution in [3.63, 3.8) is 0 Å². The summed E-state index contributed by atoms with van der Waals surface area (Å²) in [5.41, 5.74) is 3.59. The summed E-state index contributed by atoms with van der Waals surface area (Å²) in [6.45, 7) is -0.959. The molecule has 0 saturated heterocycles. The summed E-state index contributed by atoms with van der Waals surface area (Å²) in [5.74, 6) is -6.04. The highest BCUT2D eigenvalue weighted by atomic mass is 19.4. The molecule has 2 atom stereocenters. The standard InChI is InChI=1S/C25H24F5N3O4/c1-13(37-23(36)31-12-24(26,27)25(28,29)30)21(34)33-20-18-5-3-2-4-16(18)17-9-8-15(10-14-6-7-14)11-19(17)32-22(20)35/h2-5,8-9,11,13-14,20H,6-7,10,12H2,1H3,(H,31,36)(H,32,35)(H,33,34)/t13-,20-/m0/s1. The maximum atomic E-state index is 13.1. The molecule has 2 aromatic carbocycles. The van der Waals surface area contributed by atoms with Crippen LogP contribution in [0.2, 0.25) is 0 Å². The molecular weight excluding hydrogens is 501 g/mol. The van der Waals surface area contributed by atoms with Crippen molar-refractivity contribution in [3.8, 4) is 11.1 Å². The van der Waals surface area contributed by atoms with Crippen molar-refractivity contribution < 1.29 is 41.1 Å². The van der Waals surface area contributed by atoms with Crippen LogP contribution in [0.5, 0.6) is 0 Å². The van der Waals surface area contributed by atoms with E-state index in [2.05, 4.69) is 15.4 Å². The number of nitrogens with one attached hydrogen (secondary N) is 3. The number of alkyl carbamates (subject to hydrolysis) is 1. The molecule has 198 valence electrons. The largest absolute Gasteiger partial charge is 0.455 e. The fourth-order valence-corrected chi connectivity index (χ4v) is 3.99. The predicted octanol–water partition coefficient (Wildman–Crippen LogP) is 4.73. The second-order valence-corrected chi connectivity index (χ2v) is 9.15. The van der Waals surface area contributed by atoms with Crippen molar-refractivity contribution in [3.05, 3.63) is 53.6 Å². The maximum absolute atomic E-state index is 13.1. The fraction of sp³-hybridized carbons (Fsp3) is 0.400.